The van der Waals surface area contributed by atoms with E-state index in [0.29, 0.717) is 12.8 Å². The van der Waals surface area contributed by atoms with Crippen LogP contribution in [0.5, 0.6) is 0 Å². The SMILES string of the molecule is CCCCCC/C=C/CCCCCCCCCCCC(=O)O[C@H](COC(=O)CCCCCCCCCCCCCCCCCCCC)CO[C@H]1O[C@H](CS(=O)(=O)O)[C@@H](O)C(O)C1O. The molecule has 0 aromatic rings. The Bertz CT molecular complexity index is 1210. The van der Waals surface area contributed by atoms with Crippen molar-refractivity contribution in [2.75, 3.05) is 19.0 Å². The molecule has 1 saturated heterocycles. The van der Waals surface area contributed by atoms with Crippen LogP contribution >= 0.6 is 0 Å². The number of allylic oxidation sites excluding steroid dienone is 2. The highest BCUT2D eigenvalue weighted by Gasteiger charge is 2.46. The third-order valence-corrected chi connectivity index (χ3v) is 12.8. The Morgan fingerprint density at radius 2 is 0.905 bits per heavy atom. The van der Waals surface area contributed by atoms with Gasteiger partial charge in [0, 0.05) is 12.8 Å². The molecular weight excluding hydrogens is 825 g/mol. The fourth-order valence-corrected chi connectivity index (χ4v) is 8.78. The van der Waals surface area contributed by atoms with Crippen molar-refractivity contribution < 1.29 is 56.8 Å². The quantitative estimate of drug-likeness (QED) is 0.0196. The van der Waals surface area contributed by atoms with Gasteiger partial charge in [0.2, 0.25) is 0 Å². The van der Waals surface area contributed by atoms with E-state index in [2.05, 4.69) is 26.0 Å². The van der Waals surface area contributed by atoms with E-state index in [1.807, 2.05) is 0 Å². The molecule has 1 aliphatic rings. The summed E-state index contributed by atoms with van der Waals surface area (Å²) >= 11 is 0. The third kappa shape index (κ3) is 35.3. The van der Waals surface area contributed by atoms with Crippen LogP contribution in [-0.2, 0) is 38.7 Å². The summed E-state index contributed by atoms with van der Waals surface area (Å²) in [5.74, 6) is -1.97. The van der Waals surface area contributed by atoms with Crippen LogP contribution in [0.15, 0.2) is 12.2 Å². The van der Waals surface area contributed by atoms with Gasteiger partial charge in [0.25, 0.3) is 10.1 Å². The molecule has 0 aromatic heterocycles. The average molecular weight is 919 g/mol. The van der Waals surface area contributed by atoms with Crippen LogP contribution in [0.2, 0.25) is 0 Å². The van der Waals surface area contributed by atoms with E-state index in [1.165, 1.54) is 161 Å². The van der Waals surface area contributed by atoms with Crippen molar-refractivity contribution in [3.8, 4) is 0 Å². The number of unbranched alkanes of at least 4 members (excludes halogenated alkanes) is 30. The summed E-state index contributed by atoms with van der Waals surface area (Å²) in [5.41, 5.74) is 0. The Morgan fingerprint density at radius 1 is 0.524 bits per heavy atom. The summed E-state index contributed by atoms with van der Waals surface area (Å²) in [4.78, 5) is 25.5. The minimum absolute atomic E-state index is 0.166. The van der Waals surface area contributed by atoms with Gasteiger partial charge in [-0.1, -0.05) is 199 Å². The molecule has 0 saturated carbocycles. The first-order valence-electron chi connectivity index (χ1n) is 25.7. The molecule has 1 rings (SSSR count). The standard InChI is InChI=1S/C50H94O12S/c1-3-5-7-9-11-13-15-17-19-21-23-24-26-28-30-32-34-36-38-45(51)59-40-43(41-60-50-49(55)48(54)47(53)44(62-50)42-63(56,57)58)61-46(52)39-37-35-33-31-29-27-25-22-20-18-16-14-12-10-8-6-4-2/h14,16,43-44,47-50,53-55H,3-13,15,17-42H2,1-2H3,(H,56,57,58)/b16-14+/t43-,44-,47-,48?,49?,50+/m1/s1. The van der Waals surface area contributed by atoms with Crippen molar-refractivity contribution in [2.24, 2.45) is 0 Å². The molecule has 12 nitrogen and oxygen atoms in total. The molecule has 1 heterocycles. The third-order valence-electron chi connectivity index (χ3n) is 12.1. The maximum Gasteiger partial charge on any atom is 0.306 e. The Labute approximate surface area is 384 Å². The molecule has 0 spiro atoms. The smallest absolute Gasteiger partial charge is 0.306 e. The molecule has 0 aromatic carbocycles. The minimum atomic E-state index is -4.60. The van der Waals surface area contributed by atoms with E-state index in [-0.39, 0.29) is 19.4 Å². The monoisotopic (exact) mass is 919 g/mol. The number of aliphatic hydroxyl groups excluding tert-OH is 3. The molecule has 2 unspecified atom stereocenters. The van der Waals surface area contributed by atoms with Crippen LogP contribution in [0, 0.1) is 0 Å². The zero-order valence-electron chi connectivity index (χ0n) is 40.0. The predicted molar refractivity (Wildman–Crippen MR) is 252 cm³/mol. The Balaban J connectivity index is 2.36. The summed E-state index contributed by atoms with van der Waals surface area (Å²) in [6.07, 6.45) is 35.3. The van der Waals surface area contributed by atoms with Gasteiger partial charge in [-0.25, -0.2) is 0 Å². The summed E-state index contributed by atoms with van der Waals surface area (Å²) < 4.78 is 54.2. The first kappa shape index (κ1) is 59.4. The number of carbonyl (C=O) groups excluding carboxylic acids is 2. The van der Waals surface area contributed by atoms with Crippen molar-refractivity contribution in [3.05, 3.63) is 12.2 Å². The summed E-state index contributed by atoms with van der Waals surface area (Å²) in [5, 5.41) is 31.0. The van der Waals surface area contributed by atoms with Gasteiger partial charge < -0.3 is 34.3 Å². The Kier molecular flexibility index (Phi) is 38.3. The molecule has 4 N–H and O–H groups in total. The zero-order valence-corrected chi connectivity index (χ0v) is 40.8. The first-order chi connectivity index (χ1) is 30.5. The van der Waals surface area contributed by atoms with Gasteiger partial charge in [-0.15, -0.1) is 0 Å². The van der Waals surface area contributed by atoms with Crippen molar-refractivity contribution in [2.45, 2.75) is 275 Å². The Morgan fingerprint density at radius 3 is 1.33 bits per heavy atom. The van der Waals surface area contributed by atoms with Gasteiger partial charge in [-0.2, -0.15) is 8.42 Å². The average Bonchev–Trinajstić information content (AvgIpc) is 3.25. The van der Waals surface area contributed by atoms with Gasteiger partial charge in [0.15, 0.2) is 12.4 Å². The van der Waals surface area contributed by atoms with Crippen LogP contribution in [0.3, 0.4) is 0 Å². The number of hydrogen-bond acceptors (Lipinski definition) is 11. The van der Waals surface area contributed by atoms with Crippen molar-refractivity contribution in [3.63, 3.8) is 0 Å². The molecule has 0 radical (unpaired) electrons. The van der Waals surface area contributed by atoms with E-state index in [0.717, 1.165) is 38.5 Å². The molecular formula is C50H94O12S. The zero-order chi connectivity index (χ0) is 46.2. The first-order valence-corrected chi connectivity index (χ1v) is 27.4. The molecule has 63 heavy (non-hydrogen) atoms. The van der Waals surface area contributed by atoms with Gasteiger partial charge in [0.1, 0.15) is 36.8 Å². The molecule has 1 fully saturated rings. The molecule has 1 aliphatic heterocycles. The van der Waals surface area contributed by atoms with Crippen LogP contribution in [0.4, 0.5) is 0 Å². The topological polar surface area (TPSA) is 186 Å². The molecule has 0 aliphatic carbocycles. The van der Waals surface area contributed by atoms with Crippen LogP contribution in [0.25, 0.3) is 0 Å². The highest BCUT2D eigenvalue weighted by molar-refractivity contribution is 7.85. The number of aliphatic hydroxyl groups is 3. The maximum absolute atomic E-state index is 12.9. The lowest BCUT2D eigenvalue weighted by atomic mass is 10.00. The summed E-state index contributed by atoms with van der Waals surface area (Å²) in [6.45, 7) is 3.79. The van der Waals surface area contributed by atoms with Crippen LogP contribution < -0.4 is 0 Å². The molecule has 13 heteroatoms. The number of carbonyl (C=O) groups is 2. The Hall–Kier alpha value is -1.61. The number of esters is 2. The van der Waals surface area contributed by atoms with E-state index in [9.17, 15) is 37.9 Å². The highest BCUT2D eigenvalue weighted by atomic mass is 32.2. The second-order valence-corrected chi connectivity index (χ2v) is 19.7. The minimum Gasteiger partial charge on any atom is -0.462 e. The van der Waals surface area contributed by atoms with Crippen molar-refractivity contribution >= 4 is 22.1 Å². The van der Waals surface area contributed by atoms with E-state index >= 15 is 0 Å². The molecule has 0 amide bonds. The lowest BCUT2D eigenvalue weighted by Crippen LogP contribution is -2.60. The van der Waals surface area contributed by atoms with Gasteiger partial charge >= 0.3 is 11.9 Å². The van der Waals surface area contributed by atoms with Gasteiger partial charge in [-0.3, -0.25) is 14.1 Å². The van der Waals surface area contributed by atoms with E-state index in [1.54, 1.807) is 0 Å². The second-order valence-electron chi connectivity index (χ2n) is 18.2. The fraction of sp³-hybridized carbons (Fsp3) is 0.920. The summed E-state index contributed by atoms with van der Waals surface area (Å²) in [6, 6.07) is 0. The normalized spacial score (nSPS) is 19.7. The molecule has 6 atom stereocenters. The highest BCUT2D eigenvalue weighted by Crippen LogP contribution is 2.24. The molecule has 0 bridgehead atoms. The molecule has 372 valence electrons. The lowest BCUT2D eigenvalue weighted by Gasteiger charge is -2.40. The van der Waals surface area contributed by atoms with Crippen LogP contribution in [-0.4, -0.2) is 96.0 Å². The van der Waals surface area contributed by atoms with E-state index < -0.39 is 71.2 Å². The van der Waals surface area contributed by atoms with Crippen molar-refractivity contribution in [1.82, 2.24) is 0 Å². The largest absolute Gasteiger partial charge is 0.462 e. The number of hydrogen-bond donors (Lipinski definition) is 4. The predicted octanol–water partition coefficient (Wildman–Crippen LogP) is 11.4. The van der Waals surface area contributed by atoms with Crippen LogP contribution in [0.1, 0.15) is 239 Å². The fourth-order valence-electron chi connectivity index (χ4n) is 8.09. The summed E-state index contributed by atoms with van der Waals surface area (Å²) in [7, 11) is -4.60. The number of rotatable bonds is 44. The lowest BCUT2D eigenvalue weighted by molar-refractivity contribution is -0.297. The second kappa shape index (κ2) is 40.6. The van der Waals surface area contributed by atoms with Gasteiger partial charge in [0.05, 0.1) is 6.61 Å². The number of ether oxygens (including phenoxy) is 4. The van der Waals surface area contributed by atoms with Gasteiger partial charge in [-0.05, 0) is 38.5 Å². The maximum atomic E-state index is 12.9. The van der Waals surface area contributed by atoms with E-state index in [4.69, 9.17) is 18.9 Å². The van der Waals surface area contributed by atoms with Crippen molar-refractivity contribution in [1.29, 1.82) is 0 Å².